The van der Waals surface area contributed by atoms with Crippen molar-refractivity contribution in [3.05, 3.63) is 99.9 Å². The summed E-state index contributed by atoms with van der Waals surface area (Å²) in [5, 5.41) is 12.6. The number of aromatic hydroxyl groups is 1. The van der Waals surface area contributed by atoms with Gasteiger partial charge in [0.05, 0.1) is 13.2 Å². The van der Waals surface area contributed by atoms with Gasteiger partial charge in [-0.3, -0.25) is 19.7 Å². The highest BCUT2D eigenvalue weighted by Crippen LogP contribution is 2.51. The number of amides is 3. The van der Waals surface area contributed by atoms with Crippen molar-refractivity contribution in [2.24, 2.45) is 17.3 Å². The average Bonchev–Trinajstić information content (AvgIpc) is 3.78. The molecule has 3 saturated heterocycles. The van der Waals surface area contributed by atoms with E-state index in [0.29, 0.717) is 42.2 Å². The first-order valence-corrected chi connectivity index (χ1v) is 22.2. The standard InChI is InChI=1S/C48H54N6O5/c55-34-7-9-36-32(22-34)6-8-35(31-4-2-1-3-5-31)42(36)33-23-49-46(50-24-33)53-27-47(28-53)16-14-30(15-17-47)25-52-20-18-48(19-21-52)29-59-43-38-26-54(40-12-13-41(56)51-44(40)57)45(58)37(38)10-11-39(43)48/h2,4-5,7,9-11,22-24,30,35,40,42,55H,1,3,6,8,12-21,25-29H2,(H,51,56,57)/t35-,40-,42+/m0/s1. The van der Waals surface area contributed by atoms with Crippen LogP contribution in [0.5, 0.6) is 11.5 Å². The normalized spacial score (nSPS) is 27.2. The zero-order valence-corrected chi connectivity index (χ0v) is 33.8. The third-order valence-electron chi connectivity index (χ3n) is 15.6. The number of piperidine rings is 2. The Balaban J connectivity index is 0.683. The number of carbonyl (C=O) groups excluding carboxylic acids is 3. The fraction of sp³-hybridized carbons (Fsp3) is 0.521. The number of nitrogens with one attached hydrogen (secondary N) is 1. The van der Waals surface area contributed by atoms with E-state index in [2.05, 4.69) is 57.9 Å². The molecule has 4 fully saturated rings. The van der Waals surface area contributed by atoms with Gasteiger partial charge in [0.2, 0.25) is 17.8 Å². The van der Waals surface area contributed by atoms with Gasteiger partial charge >= 0.3 is 0 Å². The molecule has 2 N–H and O–H groups in total. The molecule has 3 aliphatic carbocycles. The van der Waals surface area contributed by atoms with Crippen LogP contribution in [0.3, 0.4) is 0 Å². The van der Waals surface area contributed by atoms with Gasteiger partial charge in [-0.25, -0.2) is 9.97 Å². The number of ether oxygens (including phenoxy) is 1. The molecule has 3 aromatic rings. The van der Waals surface area contributed by atoms with Gasteiger partial charge in [-0.15, -0.1) is 0 Å². The maximum Gasteiger partial charge on any atom is 0.255 e. The van der Waals surface area contributed by atoms with Crippen LogP contribution in [-0.2, 0) is 28.0 Å². The van der Waals surface area contributed by atoms with Crippen LogP contribution in [0.4, 0.5) is 5.95 Å². The van der Waals surface area contributed by atoms with Crippen molar-refractivity contribution in [1.82, 2.24) is 25.1 Å². The molecule has 3 atom stereocenters. The average molecular weight is 795 g/mol. The number of nitrogens with zero attached hydrogens (tertiary/aromatic N) is 5. The summed E-state index contributed by atoms with van der Waals surface area (Å²) in [7, 11) is 0. The fourth-order valence-corrected chi connectivity index (χ4v) is 12.3. The molecule has 0 bridgehead atoms. The molecule has 306 valence electrons. The molecule has 2 aromatic carbocycles. The predicted molar refractivity (Wildman–Crippen MR) is 222 cm³/mol. The molecule has 6 heterocycles. The number of hydrogen-bond acceptors (Lipinski definition) is 9. The van der Waals surface area contributed by atoms with Crippen LogP contribution >= 0.6 is 0 Å². The van der Waals surface area contributed by atoms with Gasteiger partial charge in [0, 0.05) is 71.9 Å². The molecule has 59 heavy (non-hydrogen) atoms. The Kier molecular flexibility index (Phi) is 8.98. The molecule has 11 nitrogen and oxygen atoms in total. The zero-order valence-electron chi connectivity index (χ0n) is 33.8. The maximum atomic E-state index is 13.4. The minimum atomic E-state index is -0.619. The lowest BCUT2D eigenvalue weighted by Crippen LogP contribution is -2.58. The number of aryl methyl sites for hydroxylation is 1. The zero-order chi connectivity index (χ0) is 39.9. The van der Waals surface area contributed by atoms with Gasteiger partial charge in [0.25, 0.3) is 5.91 Å². The molecule has 5 aliphatic heterocycles. The van der Waals surface area contributed by atoms with Crippen LogP contribution in [0.25, 0.3) is 0 Å². The first-order valence-electron chi connectivity index (χ1n) is 22.2. The van der Waals surface area contributed by atoms with Crippen molar-refractivity contribution in [2.75, 3.05) is 44.2 Å². The van der Waals surface area contributed by atoms with Crippen LogP contribution in [-0.4, -0.2) is 88.0 Å². The highest BCUT2D eigenvalue weighted by Gasteiger charge is 2.49. The summed E-state index contributed by atoms with van der Waals surface area (Å²) in [6, 6.07) is 9.31. The quantitative estimate of drug-likeness (QED) is 0.275. The van der Waals surface area contributed by atoms with E-state index in [1.165, 1.54) is 47.9 Å². The van der Waals surface area contributed by atoms with Crippen molar-refractivity contribution in [3.8, 4) is 11.5 Å². The Morgan fingerprint density at radius 2 is 1.73 bits per heavy atom. The van der Waals surface area contributed by atoms with Gasteiger partial charge < -0.3 is 24.5 Å². The van der Waals surface area contributed by atoms with Crippen LogP contribution in [0, 0.1) is 17.3 Å². The number of imide groups is 1. The van der Waals surface area contributed by atoms with Crippen molar-refractivity contribution >= 4 is 23.7 Å². The van der Waals surface area contributed by atoms with E-state index < -0.39 is 6.04 Å². The highest BCUT2D eigenvalue weighted by molar-refractivity contribution is 6.05. The van der Waals surface area contributed by atoms with E-state index in [-0.39, 0.29) is 35.5 Å². The van der Waals surface area contributed by atoms with Gasteiger partial charge in [0.15, 0.2) is 0 Å². The van der Waals surface area contributed by atoms with E-state index in [0.717, 1.165) is 100.0 Å². The molecule has 1 aromatic heterocycles. The minimum absolute atomic E-state index is 0.0326. The molecule has 2 spiro atoms. The van der Waals surface area contributed by atoms with Gasteiger partial charge in [-0.05, 0) is 136 Å². The van der Waals surface area contributed by atoms with Crippen LogP contribution in [0.15, 0.2) is 66.5 Å². The molecular formula is C48H54N6O5. The van der Waals surface area contributed by atoms with Crippen molar-refractivity contribution in [2.45, 2.75) is 101 Å². The third kappa shape index (κ3) is 6.37. The summed E-state index contributed by atoms with van der Waals surface area (Å²) in [4.78, 5) is 54.4. The fourth-order valence-electron chi connectivity index (χ4n) is 12.3. The minimum Gasteiger partial charge on any atom is -0.508 e. The molecule has 11 rings (SSSR count). The lowest BCUT2D eigenvalue weighted by molar-refractivity contribution is -0.136. The second kappa shape index (κ2) is 14.3. The first-order chi connectivity index (χ1) is 28.7. The maximum absolute atomic E-state index is 13.4. The molecule has 1 saturated carbocycles. The third-order valence-corrected chi connectivity index (χ3v) is 15.6. The largest absolute Gasteiger partial charge is 0.508 e. The van der Waals surface area contributed by atoms with Crippen LogP contribution in [0.1, 0.15) is 115 Å². The number of anilines is 1. The smallest absolute Gasteiger partial charge is 0.255 e. The monoisotopic (exact) mass is 794 g/mol. The Bertz CT molecular complexity index is 2260. The highest BCUT2D eigenvalue weighted by atomic mass is 16.5. The topological polar surface area (TPSA) is 128 Å². The van der Waals surface area contributed by atoms with E-state index in [1.807, 2.05) is 18.2 Å². The number of rotatable bonds is 6. The molecular weight excluding hydrogens is 741 g/mol. The number of benzene rings is 2. The summed E-state index contributed by atoms with van der Waals surface area (Å²) in [6.07, 6.45) is 23.2. The van der Waals surface area contributed by atoms with E-state index >= 15 is 0 Å². The predicted octanol–water partition coefficient (Wildman–Crippen LogP) is 6.34. The second-order valence-electron chi connectivity index (χ2n) is 19.0. The summed E-state index contributed by atoms with van der Waals surface area (Å²) in [5.41, 5.74) is 8.20. The number of fused-ring (bicyclic) bond motifs is 5. The Hall–Kier alpha value is -5.03. The SMILES string of the molecule is O=C1CC[C@H](N2Cc3c(ccc4c3OCC43CCN(CC4CCC5(CC4)CN(c4ncc([C@H]6c7ccc(O)cc7CC[C@H]6C6=CCCC=C6)cn4)C5)CC3)C2=O)C(=O)N1. The number of phenolic OH excluding ortho intramolecular Hbond substituents is 1. The summed E-state index contributed by atoms with van der Waals surface area (Å²) < 4.78 is 6.43. The number of hydrogen-bond donors (Lipinski definition) is 2. The van der Waals surface area contributed by atoms with Crippen LogP contribution in [0.2, 0.25) is 0 Å². The summed E-state index contributed by atoms with van der Waals surface area (Å²) >= 11 is 0. The van der Waals surface area contributed by atoms with Crippen molar-refractivity contribution < 1.29 is 24.2 Å². The van der Waals surface area contributed by atoms with Gasteiger partial charge in [-0.1, -0.05) is 30.4 Å². The van der Waals surface area contributed by atoms with Gasteiger partial charge in [0.1, 0.15) is 17.5 Å². The van der Waals surface area contributed by atoms with Gasteiger partial charge in [-0.2, -0.15) is 0 Å². The summed E-state index contributed by atoms with van der Waals surface area (Å²) in [5.74, 6) is 2.52. The number of allylic oxidation sites excluding steroid dienone is 4. The van der Waals surface area contributed by atoms with E-state index in [4.69, 9.17) is 14.7 Å². The summed E-state index contributed by atoms with van der Waals surface area (Å²) in [6.45, 7) is 6.33. The molecule has 0 unspecified atom stereocenters. The molecule has 8 aliphatic rings. The first kappa shape index (κ1) is 37.0. The molecule has 11 heteroatoms. The number of aromatic nitrogens is 2. The van der Waals surface area contributed by atoms with E-state index in [9.17, 15) is 19.5 Å². The Labute approximate surface area is 345 Å². The molecule has 0 radical (unpaired) electrons. The Morgan fingerprint density at radius 3 is 2.49 bits per heavy atom. The Morgan fingerprint density at radius 1 is 0.915 bits per heavy atom. The number of phenols is 1. The number of likely N-dealkylation sites (tertiary alicyclic amines) is 1. The van der Waals surface area contributed by atoms with Crippen LogP contribution < -0.4 is 15.0 Å². The lowest BCUT2D eigenvalue weighted by atomic mass is 9.65. The number of carbonyl (C=O) groups is 3. The van der Waals surface area contributed by atoms with E-state index in [1.54, 1.807) is 4.90 Å². The second-order valence-corrected chi connectivity index (χ2v) is 19.0. The lowest BCUT2D eigenvalue weighted by Gasteiger charge is -2.54. The van der Waals surface area contributed by atoms with Crippen molar-refractivity contribution in [3.63, 3.8) is 0 Å². The van der Waals surface area contributed by atoms with Crippen molar-refractivity contribution in [1.29, 1.82) is 0 Å². The molecule has 3 amide bonds.